The van der Waals surface area contributed by atoms with Gasteiger partial charge in [0, 0.05) is 57.4 Å². The van der Waals surface area contributed by atoms with Gasteiger partial charge in [0.15, 0.2) is 12.1 Å². The fourth-order valence-electron chi connectivity index (χ4n) is 8.53. The predicted octanol–water partition coefficient (Wildman–Crippen LogP) is 3.71. The maximum absolute atomic E-state index is 14.4. The Labute approximate surface area is 328 Å². The number of rotatable bonds is 6. The van der Waals surface area contributed by atoms with Crippen molar-refractivity contribution in [2.75, 3.05) is 61.0 Å². The van der Waals surface area contributed by atoms with Crippen LogP contribution >= 0.6 is 0 Å². The number of cyclic esters (lactones) is 1. The SMILES string of the molecule is CO[C@]1(C)C[C@@H](C)CN(C)[C@@H](C(=O)N2CCN(C(=O)c3cccc(C(F)(F)F)c3)CC2)[C@H](C)OC(=O)C(C)(C)C(=O)[C@H](C)[C@H]1O[C@@H]1O[C@H](C)C[C@H](N(C)C)[C@H]1O. The largest absolute Gasteiger partial charge is 0.460 e. The first-order valence-corrected chi connectivity index (χ1v) is 19.3. The second-order valence-electron chi connectivity index (χ2n) is 16.9. The molecule has 10 atom stereocenters. The molecule has 3 heterocycles. The number of likely N-dealkylation sites (N-methyl/N-ethyl adjacent to an activating group) is 2. The number of aliphatic hydroxyl groups excluding tert-OH is 1. The second-order valence-corrected chi connectivity index (χ2v) is 16.9. The van der Waals surface area contributed by atoms with Crippen LogP contribution in [0.5, 0.6) is 0 Å². The Morgan fingerprint density at radius 3 is 2.18 bits per heavy atom. The Kier molecular flexibility index (Phi) is 14.5. The van der Waals surface area contributed by atoms with E-state index in [1.807, 2.05) is 44.7 Å². The molecule has 1 aromatic carbocycles. The number of carbonyl (C=O) groups excluding carboxylic acids is 4. The van der Waals surface area contributed by atoms with Gasteiger partial charge < -0.3 is 38.8 Å². The molecule has 0 unspecified atom stereocenters. The number of nitrogens with zero attached hydrogens (tertiary/aromatic N) is 4. The molecule has 0 saturated carbocycles. The Hall–Kier alpha value is -3.15. The first-order chi connectivity index (χ1) is 25.9. The van der Waals surface area contributed by atoms with Gasteiger partial charge in [-0.05, 0) is 92.7 Å². The third kappa shape index (κ3) is 9.92. The van der Waals surface area contributed by atoms with E-state index in [1.165, 1.54) is 38.0 Å². The fraction of sp³-hybridized carbons (Fsp3) is 0.750. The van der Waals surface area contributed by atoms with Crippen molar-refractivity contribution in [3.05, 3.63) is 35.4 Å². The van der Waals surface area contributed by atoms with Crippen molar-refractivity contribution >= 4 is 23.6 Å². The number of alkyl halides is 3. The number of benzene rings is 1. The number of hydrogen-bond acceptors (Lipinski definition) is 11. The van der Waals surface area contributed by atoms with Crippen LogP contribution in [0.3, 0.4) is 0 Å². The number of Topliss-reactive ketones (excluding diaryl/α,β-unsaturated/α-hetero) is 1. The van der Waals surface area contributed by atoms with E-state index in [0.29, 0.717) is 19.4 Å². The van der Waals surface area contributed by atoms with Gasteiger partial charge in [0.1, 0.15) is 23.7 Å². The average molecular weight is 799 g/mol. The van der Waals surface area contributed by atoms with Gasteiger partial charge in [-0.25, -0.2) is 0 Å². The van der Waals surface area contributed by atoms with Crippen LogP contribution in [0, 0.1) is 17.3 Å². The maximum atomic E-state index is 14.4. The van der Waals surface area contributed by atoms with Crippen LogP contribution < -0.4 is 0 Å². The van der Waals surface area contributed by atoms with Gasteiger partial charge in [-0.2, -0.15) is 13.2 Å². The van der Waals surface area contributed by atoms with E-state index in [2.05, 4.69) is 0 Å². The van der Waals surface area contributed by atoms with Crippen LogP contribution in [-0.4, -0.2) is 158 Å². The third-order valence-electron chi connectivity index (χ3n) is 11.8. The highest BCUT2D eigenvalue weighted by Crippen LogP contribution is 2.39. The lowest BCUT2D eigenvalue weighted by atomic mass is 9.74. The van der Waals surface area contributed by atoms with Gasteiger partial charge in [0.05, 0.1) is 23.4 Å². The Bertz CT molecular complexity index is 1570. The summed E-state index contributed by atoms with van der Waals surface area (Å²) in [6.45, 7) is 12.6. The lowest BCUT2D eigenvalue weighted by Crippen LogP contribution is -2.59. The van der Waals surface area contributed by atoms with Crippen LogP contribution in [0.1, 0.15) is 77.2 Å². The number of carbonyl (C=O) groups is 4. The number of piperazine rings is 1. The summed E-state index contributed by atoms with van der Waals surface area (Å²) < 4.78 is 64.8. The summed E-state index contributed by atoms with van der Waals surface area (Å²) in [5, 5.41) is 11.4. The van der Waals surface area contributed by atoms with Crippen molar-refractivity contribution < 1.29 is 56.4 Å². The molecule has 0 spiro atoms. The molecule has 4 rings (SSSR count). The monoisotopic (exact) mass is 798 g/mol. The van der Waals surface area contributed by atoms with Gasteiger partial charge in [0.25, 0.3) is 5.91 Å². The summed E-state index contributed by atoms with van der Waals surface area (Å²) in [4.78, 5) is 62.6. The van der Waals surface area contributed by atoms with E-state index in [-0.39, 0.29) is 55.7 Å². The molecule has 2 amide bonds. The van der Waals surface area contributed by atoms with Crippen LogP contribution in [0.25, 0.3) is 0 Å². The smallest absolute Gasteiger partial charge is 0.416 e. The van der Waals surface area contributed by atoms with E-state index < -0.39 is 77.0 Å². The van der Waals surface area contributed by atoms with Gasteiger partial charge in [-0.3, -0.25) is 24.1 Å². The highest BCUT2D eigenvalue weighted by atomic mass is 19.4. The van der Waals surface area contributed by atoms with Crippen molar-refractivity contribution in [1.82, 2.24) is 19.6 Å². The number of aliphatic hydroxyl groups is 1. The van der Waals surface area contributed by atoms with Crippen molar-refractivity contribution in [2.45, 2.75) is 116 Å². The summed E-state index contributed by atoms with van der Waals surface area (Å²) in [5.41, 5.74) is -3.83. The zero-order valence-electron chi connectivity index (χ0n) is 34.6. The molecule has 1 aromatic rings. The second kappa shape index (κ2) is 17.8. The molecule has 0 radical (unpaired) electrons. The number of halogens is 3. The highest BCUT2D eigenvalue weighted by molar-refractivity contribution is 6.04. The number of ether oxygens (including phenoxy) is 4. The van der Waals surface area contributed by atoms with E-state index in [0.717, 1.165) is 12.1 Å². The molecule has 56 heavy (non-hydrogen) atoms. The molecule has 3 fully saturated rings. The molecular formula is C40H61F3N4O9. The van der Waals surface area contributed by atoms with Crippen molar-refractivity contribution in [1.29, 1.82) is 0 Å². The molecule has 1 N–H and O–H groups in total. The Balaban J connectivity index is 1.59. The van der Waals surface area contributed by atoms with E-state index in [4.69, 9.17) is 18.9 Å². The summed E-state index contributed by atoms with van der Waals surface area (Å²) in [6.07, 6.45) is -8.03. The van der Waals surface area contributed by atoms with Crippen molar-refractivity contribution in [3.8, 4) is 0 Å². The van der Waals surface area contributed by atoms with Gasteiger partial charge in [0.2, 0.25) is 5.91 Å². The fourth-order valence-corrected chi connectivity index (χ4v) is 8.53. The zero-order valence-corrected chi connectivity index (χ0v) is 34.6. The number of ketones is 1. The molecule has 3 saturated heterocycles. The third-order valence-corrected chi connectivity index (χ3v) is 11.8. The minimum Gasteiger partial charge on any atom is -0.460 e. The summed E-state index contributed by atoms with van der Waals surface area (Å²) in [7, 11) is 7.01. The number of hydrogen-bond donors (Lipinski definition) is 1. The normalized spacial score (nSPS) is 34.3. The molecule has 16 heteroatoms. The van der Waals surface area contributed by atoms with Crippen LogP contribution in [0.15, 0.2) is 24.3 Å². The molecule has 13 nitrogen and oxygen atoms in total. The minimum atomic E-state index is -4.60. The molecule has 3 aliphatic rings. The topological polar surface area (TPSA) is 138 Å². The lowest BCUT2D eigenvalue weighted by Gasteiger charge is -2.47. The first-order valence-electron chi connectivity index (χ1n) is 19.3. The molecule has 3 aliphatic heterocycles. The quantitative estimate of drug-likeness (QED) is 0.333. The average Bonchev–Trinajstić information content (AvgIpc) is 3.13. The standard InChI is InChI=1S/C40H61F3N4O9/c1-23-21-39(7,53-11)33(56-36-31(48)29(44(8)9)19-24(2)54-36)25(3)32(49)38(5,6)37(52)55-26(4)30(45(10)22-23)35(51)47-17-15-46(16-18-47)34(50)27-13-12-14-28(20-27)40(41,42)43/h12-14,20,23-26,29-31,33,36,48H,15-19,21-22H2,1-11H3/t23-,24-,25+,26+,29+,30-,31-,33-,36+,39-/m1/s1. The first kappa shape index (κ1) is 45.6. The zero-order chi connectivity index (χ0) is 42.1. The van der Waals surface area contributed by atoms with Gasteiger partial charge in [-0.1, -0.05) is 19.9 Å². The molecule has 0 aromatic heterocycles. The van der Waals surface area contributed by atoms with Crippen LogP contribution in [0.2, 0.25) is 0 Å². The summed E-state index contributed by atoms with van der Waals surface area (Å²) in [6, 6.07) is 3.00. The number of amides is 2. The highest BCUT2D eigenvalue weighted by Gasteiger charge is 2.52. The molecule has 316 valence electrons. The maximum Gasteiger partial charge on any atom is 0.416 e. The molecule has 0 aliphatic carbocycles. The molecule has 0 bridgehead atoms. The van der Waals surface area contributed by atoms with E-state index in [9.17, 15) is 37.5 Å². The lowest BCUT2D eigenvalue weighted by molar-refractivity contribution is -0.295. The van der Waals surface area contributed by atoms with E-state index in [1.54, 1.807) is 25.8 Å². The van der Waals surface area contributed by atoms with Gasteiger partial charge >= 0.3 is 12.1 Å². The van der Waals surface area contributed by atoms with Crippen molar-refractivity contribution in [2.24, 2.45) is 17.3 Å². The Morgan fingerprint density at radius 1 is 1.00 bits per heavy atom. The minimum absolute atomic E-state index is 0.0856. The van der Waals surface area contributed by atoms with Gasteiger partial charge in [-0.15, -0.1) is 0 Å². The van der Waals surface area contributed by atoms with Crippen LogP contribution in [-0.2, 0) is 39.5 Å². The van der Waals surface area contributed by atoms with Crippen molar-refractivity contribution in [3.63, 3.8) is 0 Å². The van der Waals surface area contributed by atoms with Crippen LogP contribution in [0.4, 0.5) is 13.2 Å². The molecular weight excluding hydrogens is 737 g/mol. The summed E-state index contributed by atoms with van der Waals surface area (Å²) >= 11 is 0. The predicted molar refractivity (Wildman–Crippen MR) is 200 cm³/mol. The number of esters is 1. The van der Waals surface area contributed by atoms with E-state index >= 15 is 0 Å². The Morgan fingerprint density at radius 2 is 1.61 bits per heavy atom. The number of methoxy groups -OCH3 is 1. The summed E-state index contributed by atoms with van der Waals surface area (Å²) in [5.74, 6) is -3.33.